The summed E-state index contributed by atoms with van der Waals surface area (Å²) in [7, 11) is -2.09. The topological polar surface area (TPSA) is 54.0 Å². The number of Topliss-reactive ketones (excluding diaryl/α,β-unsaturated/α-hetero) is 1. The van der Waals surface area contributed by atoms with Crippen LogP contribution in [0.2, 0.25) is 18.1 Å². The molecule has 0 saturated carbocycles. The third-order valence-corrected chi connectivity index (χ3v) is 12.3. The van der Waals surface area contributed by atoms with Crippen molar-refractivity contribution in [3.05, 3.63) is 119 Å². The molecule has 1 aliphatic carbocycles. The highest BCUT2D eigenvalue weighted by atomic mass is 28.4. The maximum atomic E-state index is 14.0. The molecule has 4 rings (SSSR count). The Balaban J connectivity index is 1.62. The molecular weight excluding hydrogens is 516 g/mol. The van der Waals surface area contributed by atoms with Gasteiger partial charge in [0.25, 0.3) is 0 Å². The molecule has 1 aliphatic rings. The first kappa shape index (κ1) is 30.1. The Morgan fingerprint density at radius 2 is 1.10 bits per heavy atom. The maximum Gasteiger partial charge on any atom is 0.192 e. The van der Waals surface area contributed by atoms with E-state index in [1.807, 2.05) is 97.1 Å². The van der Waals surface area contributed by atoms with Crippen molar-refractivity contribution in [3.8, 4) is 0 Å². The summed E-state index contributed by atoms with van der Waals surface area (Å²) in [6.07, 6.45) is -0.0268. The van der Waals surface area contributed by atoms with Gasteiger partial charge >= 0.3 is 0 Å². The van der Waals surface area contributed by atoms with E-state index in [-0.39, 0.29) is 17.4 Å². The van der Waals surface area contributed by atoms with Gasteiger partial charge in [-0.05, 0) is 40.9 Å². The van der Waals surface area contributed by atoms with Gasteiger partial charge in [-0.2, -0.15) is 0 Å². The van der Waals surface area contributed by atoms with Crippen LogP contribution in [0.25, 0.3) is 0 Å². The molecule has 0 amide bonds. The Labute approximate surface area is 240 Å². The number of carbonyl (C=O) groups is 1. The van der Waals surface area contributed by atoms with Crippen LogP contribution in [0.5, 0.6) is 0 Å². The van der Waals surface area contributed by atoms with E-state index in [0.717, 1.165) is 16.7 Å². The maximum absolute atomic E-state index is 14.0. The number of benzene rings is 3. The minimum atomic E-state index is -2.09. The van der Waals surface area contributed by atoms with Gasteiger partial charge in [0.1, 0.15) is 18.3 Å². The van der Waals surface area contributed by atoms with E-state index >= 15 is 0 Å². The van der Waals surface area contributed by atoms with Gasteiger partial charge in [0.2, 0.25) is 0 Å². The molecule has 40 heavy (non-hydrogen) atoms. The number of ether oxygens (including phenoxy) is 3. The van der Waals surface area contributed by atoms with Crippen LogP contribution in [0.4, 0.5) is 0 Å². The van der Waals surface area contributed by atoms with Crippen LogP contribution in [0.1, 0.15) is 37.5 Å². The van der Waals surface area contributed by atoms with Crippen molar-refractivity contribution in [3.63, 3.8) is 0 Å². The average Bonchev–Trinajstić information content (AvgIpc) is 2.95. The SMILES string of the molecule is CC(C)(C)[Si](C)(C)OCC1=C[C@@H](OCc2ccccc2)[C@@H](OCc2ccccc2)[C@H](OCc2ccccc2)C1=O. The van der Waals surface area contributed by atoms with Crippen LogP contribution < -0.4 is 0 Å². The van der Waals surface area contributed by atoms with E-state index < -0.39 is 26.6 Å². The van der Waals surface area contributed by atoms with Crippen molar-refractivity contribution in [2.24, 2.45) is 0 Å². The Morgan fingerprint density at radius 3 is 1.57 bits per heavy atom. The molecule has 0 aromatic heterocycles. The van der Waals surface area contributed by atoms with Gasteiger partial charge < -0.3 is 18.6 Å². The second-order valence-electron chi connectivity index (χ2n) is 11.8. The zero-order chi connectivity index (χ0) is 28.6. The van der Waals surface area contributed by atoms with E-state index in [9.17, 15) is 4.79 Å². The Bertz CT molecular complexity index is 1240. The van der Waals surface area contributed by atoms with Crippen LogP contribution in [0, 0.1) is 0 Å². The van der Waals surface area contributed by atoms with Crippen LogP contribution in [-0.4, -0.2) is 39.0 Å². The average molecular weight is 559 g/mol. The highest BCUT2D eigenvalue weighted by Crippen LogP contribution is 2.37. The summed E-state index contributed by atoms with van der Waals surface area (Å²) in [5.41, 5.74) is 3.65. The van der Waals surface area contributed by atoms with Gasteiger partial charge in [-0.15, -0.1) is 0 Å². The first-order valence-electron chi connectivity index (χ1n) is 14.0. The fourth-order valence-electron chi connectivity index (χ4n) is 4.26. The molecule has 0 aliphatic heterocycles. The van der Waals surface area contributed by atoms with Crippen molar-refractivity contribution in [2.45, 2.75) is 77.0 Å². The van der Waals surface area contributed by atoms with E-state index in [1.54, 1.807) is 0 Å². The van der Waals surface area contributed by atoms with Gasteiger partial charge in [-0.25, -0.2) is 0 Å². The molecule has 0 fully saturated rings. The van der Waals surface area contributed by atoms with Gasteiger partial charge in [0.15, 0.2) is 14.1 Å². The number of ketones is 1. The smallest absolute Gasteiger partial charge is 0.192 e. The molecule has 0 heterocycles. The summed E-state index contributed by atoms with van der Waals surface area (Å²) in [6.45, 7) is 12.2. The predicted molar refractivity (Wildman–Crippen MR) is 161 cm³/mol. The van der Waals surface area contributed by atoms with Gasteiger partial charge in [0, 0.05) is 5.57 Å². The molecule has 3 atom stereocenters. The summed E-state index contributed by atoms with van der Waals surface area (Å²) >= 11 is 0. The van der Waals surface area contributed by atoms with E-state index in [0.29, 0.717) is 25.4 Å². The second kappa shape index (κ2) is 13.7. The van der Waals surface area contributed by atoms with E-state index in [2.05, 4.69) is 33.9 Å². The fraction of sp³-hybridized carbons (Fsp3) is 0.382. The van der Waals surface area contributed by atoms with Crippen molar-refractivity contribution in [2.75, 3.05) is 6.61 Å². The molecule has 3 aromatic rings. The summed E-state index contributed by atoms with van der Waals surface area (Å²) in [4.78, 5) is 14.0. The molecule has 0 saturated heterocycles. The van der Waals surface area contributed by atoms with E-state index in [1.165, 1.54) is 0 Å². The summed E-state index contributed by atoms with van der Waals surface area (Å²) in [6, 6.07) is 29.9. The third kappa shape index (κ3) is 8.09. The molecule has 6 heteroatoms. The quantitative estimate of drug-likeness (QED) is 0.219. The largest absolute Gasteiger partial charge is 0.412 e. The Morgan fingerprint density at radius 1 is 0.650 bits per heavy atom. The molecule has 0 bridgehead atoms. The zero-order valence-corrected chi connectivity index (χ0v) is 25.3. The Hall–Kier alpha value is -2.87. The molecule has 3 aromatic carbocycles. The highest BCUT2D eigenvalue weighted by molar-refractivity contribution is 6.74. The standard InChI is InChI=1S/C34H42O5Si/c1-34(2,3)40(4,5)39-25-29-21-30(36-22-26-15-9-6-10-16-26)32(37-23-27-17-11-7-12-18-27)33(31(29)35)38-24-28-19-13-8-14-20-28/h6-21,30,32-33H,22-25H2,1-5H3/t30-,32-,33-/m1/s1. The summed E-state index contributed by atoms with van der Waals surface area (Å²) < 4.78 is 25.7. The van der Waals surface area contributed by atoms with Gasteiger partial charge in [0.05, 0.1) is 26.4 Å². The van der Waals surface area contributed by atoms with Crippen molar-refractivity contribution in [1.82, 2.24) is 0 Å². The number of carbonyl (C=O) groups excluding carboxylic acids is 1. The molecule has 0 unspecified atom stereocenters. The molecule has 5 nitrogen and oxygen atoms in total. The lowest BCUT2D eigenvalue weighted by molar-refractivity contribution is -0.162. The van der Waals surface area contributed by atoms with Crippen LogP contribution in [-0.2, 0) is 43.3 Å². The van der Waals surface area contributed by atoms with Gasteiger partial charge in [-0.3, -0.25) is 4.79 Å². The van der Waals surface area contributed by atoms with Crippen LogP contribution in [0.3, 0.4) is 0 Å². The van der Waals surface area contributed by atoms with Crippen molar-refractivity contribution < 1.29 is 23.4 Å². The summed E-state index contributed by atoms with van der Waals surface area (Å²) in [5, 5.41) is 0.0268. The van der Waals surface area contributed by atoms with Gasteiger partial charge in [-0.1, -0.05) is 112 Å². The minimum Gasteiger partial charge on any atom is -0.412 e. The lowest BCUT2D eigenvalue weighted by Gasteiger charge is -2.39. The highest BCUT2D eigenvalue weighted by Gasteiger charge is 2.43. The summed E-state index contributed by atoms with van der Waals surface area (Å²) in [5.74, 6) is -0.104. The van der Waals surface area contributed by atoms with Crippen molar-refractivity contribution in [1.29, 1.82) is 0 Å². The number of hydrogen-bond donors (Lipinski definition) is 0. The monoisotopic (exact) mass is 558 g/mol. The zero-order valence-electron chi connectivity index (χ0n) is 24.3. The lowest BCUT2D eigenvalue weighted by Crippen LogP contribution is -2.51. The first-order chi connectivity index (χ1) is 19.1. The van der Waals surface area contributed by atoms with E-state index in [4.69, 9.17) is 18.6 Å². The number of hydrogen-bond acceptors (Lipinski definition) is 5. The normalized spacial score (nSPS) is 19.9. The molecular formula is C34H42O5Si. The molecule has 0 N–H and O–H groups in total. The first-order valence-corrected chi connectivity index (χ1v) is 16.9. The minimum absolute atomic E-state index is 0.0268. The van der Waals surface area contributed by atoms with Crippen LogP contribution in [0.15, 0.2) is 103 Å². The van der Waals surface area contributed by atoms with Crippen LogP contribution >= 0.6 is 0 Å². The molecule has 212 valence electrons. The second-order valence-corrected chi connectivity index (χ2v) is 16.7. The molecule has 0 radical (unpaired) electrons. The fourth-order valence-corrected chi connectivity index (χ4v) is 5.21. The predicted octanol–water partition coefficient (Wildman–Crippen LogP) is 7.27. The number of rotatable bonds is 12. The third-order valence-electron chi connectivity index (χ3n) is 7.80. The van der Waals surface area contributed by atoms with Crippen molar-refractivity contribution >= 4 is 14.1 Å². The lowest BCUT2D eigenvalue weighted by atomic mass is 9.90. The molecule has 0 spiro atoms. The Kier molecular flexibility index (Phi) is 10.3.